The molecule has 0 rings (SSSR count). The molecule has 0 bridgehead atoms. The van der Waals surface area contributed by atoms with Gasteiger partial charge in [0.15, 0.2) is 9.84 Å². The van der Waals surface area contributed by atoms with Gasteiger partial charge in [-0.3, -0.25) is 4.79 Å². The van der Waals surface area contributed by atoms with E-state index < -0.39 is 26.6 Å². The molecule has 3 N–H and O–H groups in total. The van der Waals surface area contributed by atoms with Gasteiger partial charge in [-0.05, 0) is 27.2 Å². The van der Waals surface area contributed by atoms with Gasteiger partial charge in [0.05, 0.1) is 10.5 Å². The number of hydrogen-bond donors (Lipinski definition) is 2. The Morgan fingerprint density at radius 1 is 1.43 bits per heavy atom. The number of carboxylic acids is 1. The van der Waals surface area contributed by atoms with Crippen molar-refractivity contribution in [3.63, 3.8) is 0 Å². The van der Waals surface area contributed by atoms with E-state index in [0.717, 1.165) is 0 Å². The number of carbonyl (C=O) groups is 1. The van der Waals surface area contributed by atoms with Crippen LogP contribution in [-0.4, -0.2) is 36.0 Å². The predicted octanol–water partition coefficient (Wildman–Crippen LogP) is 0.00170. The average molecular weight is 223 g/mol. The van der Waals surface area contributed by atoms with Crippen LogP contribution in [0.2, 0.25) is 0 Å². The van der Waals surface area contributed by atoms with Gasteiger partial charge in [0.1, 0.15) is 6.04 Å². The first-order chi connectivity index (χ1) is 6.08. The monoisotopic (exact) mass is 223 g/mol. The highest BCUT2D eigenvalue weighted by atomic mass is 32.2. The zero-order valence-corrected chi connectivity index (χ0v) is 9.47. The fourth-order valence-electron chi connectivity index (χ4n) is 0.712. The first kappa shape index (κ1) is 13.4. The number of hydrogen-bond acceptors (Lipinski definition) is 4. The lowest BCUT2D eigenvalue weighted by Gasteiger charge is -2.19. The lowest BCUT2D eigenvalue weighted by molar-refractivity contribution is -0.138. The topological polar surface area (TPSA) is 97.5 Å². The Balaban J connectivity index is 4.36. The third-order valence-corrected chi connectivity index (χ3v) is 4.59. The van der Waals surface area contributed by atoms with Crippen molar-refractivity contribution < 1.29 is 18.3 Å². The molecule has 0 aliphatic carbocycles. The maximum absolute atomic E-state index is 11.5. The van der Waals surface area contributed by atoms with Gasteiger partial charge in [0.25, 0.3) is 0 Å². The Morgan fingerprint density at radius 3 is 2.14 bits per heavy atom. The van der Waals surface area contributed by atoms with Crippen molar-refractivity contribution in [2.75, 3.05) is 5.75 Å². The predicted molar refractivity (Wildman–Crippen MR) is 53.8 cm³/mol. The molecular formula is C8H17NO4S. The maximum Gasteiger partial charge on any atom is 0.320 e. The van der Waals surface area contributed by atoms with E-state index in [9.17, 15) is 13.2 Å². The van der Waals surface area contributed by atoms with Crippen LogP contribution in [0, 0.1) is 0 Å². The summed E-state index contributed by atoms with van der Waals surface area (Å²) in [5.41, 5.74) is 5.20. The van der Waals surface area contributed by atoms with Crippen molar-refractivity contribution in [3.05, 3.63) is 0 Å². The van der Waals surface area contributed by atoms with E-state index in [0.29, 0.717) is 0 Å². The van der Waals surface area contributed by atoms with Gasteiger partial charge in [0, 0.05) is 0 Å². The molecule has 0 heterocycles. The second kappa shape index (κ2) is 4.27. The molecular weight excluding hydrogens is 206 g/mol. The minimum atomic E-state index is -3.27. The molecule has 5 nitrogen and oxygen atoms in total. The van der Waals surface area contributed by atoms with Crippen LogP contribution >= 0.6 is 0 Å². The molecule has 0 saturated heterocycles. The highest BCUT2D eigenvalue weighted by molar-refractivity contribution is 7.92. The van der Waals surface area contributed by atoms with Crippen LogP contribution in [0.15, 0.2) is 0 Å². The summed E-state index contributed by atoms with van der Waals surface area (Å²) in [5.74, 6) is -1.36. The van der Waals surface area contributed by atoms with Crippen molar-refractivity contribution in [2.45, 2.75) is 38.0 Å². The Labute approximate surface area is 84.2 Å². The molecule has 6 heteroatoms. The SMILES string of the molecule is CC(C)(C)S(=O)(=O)CC[C@H](N)C(=O)O. The number of carboxylic acid groups (broad SMARTS) is 1. The summed E-state index contributed by atoms with van der Waals surface area (Å²) in [6, 6.07) is -1.10. The van der Waals surface area contributed by atoms with Gasteiger partial charge >= 0.3 is 5.97 Å². The summed E-state index contributed by atoms with van der Waals surface area (Å²) < 4.78 is 22.2. The largest absolute Gasteiger partial charge is 0.480 e. The van der Waals surface area contributed by atoms with E-state index in [1.54, 1.807) is 20.8 Å². The van der Waals surface area contributed by atoms with Crippen LogP contribution in [-0.2, 0) is 14.6 Å². The quantitative estimate of drug-likeness (QED) is 0.699. The maximum atomic E-state index is 11.5. The number of rotatable bonds is 4. The first-order valence-electron chi connectivity index (χ1n) is 4.28. The molecule has 0 aromatic carbocycles. The number of aliphatic carboxylic acids is 1. The van der Waals surface area contributed by atoms with Crippen LogP contribution in [0.5, 0.6) is 0 Å². The van der Waals surface area contributed by atoms with Gasteiger partial charge in [-0.15, -0.1) is 0 Å². The van der Waals surface area contributed by atoms with Gasteiger partial charge in [-0.1, -0.05) is 0 Å². The van der Waals surface area contributed by atoms with E-state index in [2.05, 4.69) is 0 Å². The zero-order valence-electron chi connectivity index (χ0n) is 8.65. The minimum absolute atomic E-state index is 0.0467. The zero-order chi connectivity index (χ0) is 11.6. The fourth-order valence-corrected chi connectivity index (χ4v) is 1.89. The van der Waals surface area contributed by atoms with Crippen molar-refractivity contribution in [1.82, 2.24) is 0 Å². The Bertz CT molecular complexity index is 302. The molecule has 0 aliphatic rings. The molecule has 0 spiro atoms. The van der Waals surface area contributed by atoms with Gasteiger partial charge in [0.2, 0.25) is 0 Å². The Hall–Kier alpha value is -0.620. The van der Waals surface area contributed by atoms with E-state index in [4.69, 9.17) is 10.8 Å². The number of sulfone groups is 1. The molecule has 0 aromatic heterocycles. The van der Waals surface area contributed by atoms with E-state index in [1.807, 2.05) is 0 Å². The lowest BCUT2D eigenvalue weighted by atomic mass is 10.2. The van der Waals surface area contributed by atoms with Crippen LogP contribution < -0.4 is 5.73 Å². The molecule has 0 aromatic rings. The third kappa shape index (κ3) is 3.63. The summed E-state index contributed by atoms with van der Waals surface area (Å²) >= 11 is 0. The lowest BCUT2D eigenvalue weighted by Crippen LogP contribution is -2.36. The fraction of sp³-hybridized carbons (Fsp3) is 0.875. The normalized spacial score (nSPS) is 15.1. The van der Waals surface area contributed by atoms with E-state index in [1.165, 1.54) is 0 Å². The Kier molecular flexibility index (Phi) is 4.08. The molecule has 0 saturated carbocycles. The highest BCUT2D eigenvalue weighted by Gasteiger charge is 2.29. The molecule has 0 amide bonds. The Morgan fingerprint density at radius 2 is 1.86 bits per heavy atom. The molecule has 0 unspecified atom stereocenters. The van der Waals surface area contributed by atoms with Crippen molar-refractivity contribution in [3.8, 4) is 0 Å². The smallest absolute Gasteiger partial charge is 0.320 e. The number of nitrogens with two attached hydrogens (primary N) is 1. The molecule has 84 valence electrons. The second-order valence-electron chi connectivity index (χ2n) is 4.16. The molecule has 0 fully saturated rings. The summed E-state index contributed by atoms with van der Waals surface area (Å²) in [7, 11) is -3.27. The molecule has 0 radical (unpaired) electrons. The average Bonchev–Trinajstić information content (AvgIpc) is 1.97. The van der Waals surface area contributed by atoms with Gasteiger partial charge < -0.3 is 10.8 Å². The summed E-state index contributed by atoms with van der Waals surface area (Å²) in [4.78, 5) is 10.3. The molecule has 0 aliphatic heterocycles. The van der Waals surface area contributed by atoms with Crippen molar-refractivity contribution >= 4 is 15.8 Å². The molecule has 1 atom stereocenters. The second-order valence-corrected chi connectivity index (χ2v) is 7.03. The standard InChI is InChI=1S/C8H17NO4S/c1-8(2,3)14(12,13)5-4-6(9)7(10)11/h6H,4-5,9H2,1-3H3,(H,10,11)/t6-/m0/s1. The van der Waals surface area contributed by atoms with Gasteiger partial charge in [-0.2, -0.15) is 0 Å². The minimum Gasteiger partial charge on any atom is -0.480 e. The van der Waals surface area contributed by atoms with Crippen LogP contribution in [0.3, 0.4) is 0 Å². The van der Waals surface area contributed by atoms with Crippen LogP contribution in [0.25, 0.3) is 0 Å². The first-order valence-corrected chi connectivity index (χ1v) is 5.94. The van der Waals surface area contributed by atoms with E-state index in [-0.39, 0.29) is 12.2 Å². The molecule has 14 heavy (non-hydrogen) atoms. The summed E-state index contributed by atoms with van der Waals surface area (Å²) in [6.07, 6.45) is -0.0467. The van der Waals surface area contributed by atoms with E-state index >= 15 is 0 Å². The van der Waals surface area contributed by atoms with Crippen molar-refractivity contribution in [1.29, 1.82) is 0 Å². The summed E-state index contributed by atoms with van der Waals surface area (Å²) in [6.45, 7) is 4.73. The highest BCUT2D eigenvalue weighted by Crippen LogP contribution is 2.16. The van der Waals surface area contributed by atoms with Crippen LogP contribution in [0.4, 0.5) is 0 Å². The van der Waals surface area contributed by atoms with Gasteiger partial charge in [-0.25, -0.2) is 8.42 Å². The summed E-state index contributed by atoms with van der Waals surface area (Å²) in [5, 5.41) is 8.46. The van der Waals surface area contributed by atoms with Crippen molar-refractivity contribution in [2.24, 2.45) is 5.73 Å². The van der Waals surface area contributed by atoms with Crippen LogP contribution in [0.1, 0.15) is 27.2 Å². The third-order valence-electron chi connectivity index (χ3n) is 1.95.